The molecule has 4 nitrogen and oxygen atoms in total. The Morgan fingerprint density at radius 1 is 1.35 bits per heavy atom. The molecule has 1 heterocycles. The van der Waals surface area contributed by atoms with Gasteiger partial charge in [0.25, 0.3) is 0 Å². The minimum Gasteiger partial charge on any atom is -0.493 e. The molecule has 2 rings (SSSR count). The minimum atomic E-state index is 0.506. The third kappa shape index (κ3) is 3.06. The molecule has 0 radical (unpaired) electrons. The fraction of sp³-hybridized carbons (Fsp3) is 0.385. The maximum Gasteiger partial charge on any atom is 0.223 e. The van der Waals surface area contributed by atoms with E-state index in [0.717, 1.165) is 11.3 Å². The largest absolute Gasteiger partial charge is 0.493 e. The second-order valence-corrected chi connectivity index (χ2v) is 4.37. The average Bonchev–Trinajstić information content (AvgIpc) is 2.74. The van der Waals surface area contributed by atoms with Crippen molar-refractivity contribution in [1.29, 1.82) is 0 Å². The number of hydrogen-bond donors (Lipinski definition) is 0. The van der Waals surface area contributed by atoms with Gasteiger partial charge in [0.15, 0.2) is 0 Å². The van der Waals surface area contributed by atoms with E-state index in [2.05, 4.69) is 24.0 Å². The fourth-order valence-corrected chi connectivity index (χ4v) is 1.40. The van der Waals surface area contributed by atoms with Crippen molar-refractivity contribution in [3.05, 3.63) is 30.2 Å². The third-order valence-electron chi connectivity index (χ3n) is 2.20. The summed E-state index contributed by atoms with van der Waals surface area (Å²) < 4.78 is 10.6. The van der Waals surface area contributed by atoms with Crippen molar-refractivity contribution in [2.75, 3.05) is 6.61 Å². The molecule has 17 heavy (non-hydrogen) atoms. The monoisotopic (exact) mass is 232 g/mol. The topological polar surface area (TPSA) is 48.2 Å². The molecule has 0 N–H and O–H groups in total. The van der Waals surface area contributed by atoms with E-state index < -0.39 is 0 Å². The molecule has 0 aliphatic carbocycles. The molecule has 0 fully saturated rings. The maximum absolute atomic E-state index is 5.65. The molecule has 4 heteroatoms. The lowest BCUT2D eigenvalue weighted by atomic mass is 10.2. The second-order valence-electron chi connectivity index (χ2n) is 4.37. The Hall–Kier alpha value is -1.84. The molecule has 90 valence electrons. The van der Waals surface area contributed by atoms with Gasteiger partial charge in [0.2, 0.25) is 11.7 Å². The zero-order valence-electron chi connectivity index (χ0n) is 10.3. The molecule has 0 amide bonds. The Morgan fingerprint density at radius 2 is 2.18 bits per heavy atom. The molecule has 0 aliphatic rings. The van der Waals surface area contributed by atoms with Gasteiger partial charge in [-0.05, 0) is 18.1 Å². The zero-order valence-corrected chi connectivity index (χ0v) is 10.3. The fourth-order valence-electron chi connectivity index (χ4n) is 1.40. The van der Waals surface area contributed by atoms with Crippen LogP contribution in [0, 0.1) is 12.8 Å². The predicted octanol–water partition coefficient (Wildman–Crippen LogP) is 3.08. The van der Waals surface area contributed by atoms with Crippen LogP contribution in [0.15, 0.2) is 28.8 Å². The Balaban J connectivity index is 2.16. The van der Waals surface area contributed by atoms with Gasteiger partial charge >= 0.3 is 0 Å². The van der Waals surface area contributed by atoms with Crippen molar-refractivity contribution in [2.24, 2.45) is 5.92 Å². The van der Waals surface area contributed by atoms with Crippen molar-refractivity contribution in [3.8, 4) is 17.1 Å². The first-order valence-corrected chi connectivity index (χ1v) is 5.68. The summed E-state index contributed by atoms with van der Waals surface area (Å²) in [4.78, 5) is 4.18. The lowest BCUT2D eigenvalue weighted by molar-refractivity contribution is 0.271. The van der Waals surface area contributed by atoms with Crippen LogP contribution in [0.2, 0.25) is 0 Å². The molecular formula is C13H16N2O2. The summed E-state index contributed by atoms with van der Waals surface area (Å²) in [6.07, 6.45) is 0. The maximum atomic E-state index is 5.65. The van der Waals surface area contributed by atoms with E-state index in [1.165, 1.54) is 0 Å². The Morgan fingerprint density at radius 3 is 2.82 bits per heavy atom. The van der Waals surface area contributed by atoms with Crippen LogP contribution in [-0.4, -0.2) is 16.7 Å². The summed E-state index contributed by atoms with van der Waals surface area (Å²) in [5.41, 5.74) is 0.906. The normalized spacial score (nSPS) is 10.8. The molecule has 0 atom stereocenters. The highest BCUT2D eigenvalue weighted by Crippen LogP contribution is 2.21. The van der Waals surface area contributed by atoms with Crippen LogP contribution < -0.4 is 4.74 Å². The van der Waals surface area contributed by atoms with Crippen LogP contribution in [0.4, 0.5) is 0 Å². The Labute approximate surface area is 101 Å². The molecule has 2 aromatic rings. The van der Waals surface area contributed by atoms with Crippen LogP contribution in [0.3, 0.4) is 0 Å². The van der Waals surface area contributed by atoms with Crippen molar-refractivity contribution in [2.45, 2.75) is 20.8 Å². The van der Waals surface area contributed by atoms with Crippen LogP contribution in [-0.2, 0) is 0 Å². The van der Waals surface area contributed by atoms with E-state index in [-0.39, 0.29) is 0 Å². The SMILES string of the molecule is Cc1nc(-c2cccc(OCC(C)C)c2)no1. The second kappa shape index (κ2) is 4.99. The molecule has 0 saturated heterocycles. The van der Waals surface area contributed by atoms with E-state index in [4.69, 9.17) is 9.26 Å². The van der Waals surface area contributed by atoms with Crippen LogP contribution in [0.5, 0.6) is 5.75 Å². The molecule has 0 aliphatic heterocycles. The van der Waals surface area contributed by atoms with Crippen molar-refractivity contribution >= 4 is 0 Å². The van der Waals surface area contributed by atoms with Gasteiger partial charge < -0.3 is 9.26 Å². The first kappa shape index (κ1) is 11.6. The Kier molecular flexibility index (Phi) is 3.42. The smallest absolute Gasteiger partial charge is 0.223 e. The van der Waals surface area contributed by atoms with Crippen LogP contribution in [0.1, 0.15) is 19.7 Å². The van der Waals surface area contributed by atoms with E-state index in [1.807, 2.05) is 24.3 Å². The molecule has 0 unspecified atom stereocenters. The van der Waals surface area contributed by atoms with Crippen LogP contribution >= 0.6 is 0 Å². The number of benzene rings is 1. The quantitative estimate of drug-likeness (QED) is 0.812. The van der Waals surface area contributed by atoms with Gasteiger partial charge in [-0.3, -0.25) is 0 Å². The van der Waals surface area contributed by atoms with Gasteiger partial charge in [0.1, 0.15) is 5.75 Å². The summed E-state index contributed by atoms with van der Waals surface area (Å²) in [5, 5.41) is 3.88. The van der Waals surface area contributed by atoms with Crippen LogP contribution in [0.25, 0.3) is 11.4 Å². The molecule has 0 spiro atoms. The van der Waals surface area contributed by atoms with Crippen molar-refractivity contribution in [1.82, 2.24) is 10.1 Å². The number of rotatable bonds is 4. The standard InChI is InChI=1S/C13H16N2O2/c1-9(2)8-16-12-6-4-5-11(7-12)13-14-10(3)17-15-13/h4-7,9H,8H2,1-3H3. The van der Waals surface area contributed by atoms with Crippen molar-refractivity contribution < 1.29 is 9.26 Å². The first-order chi connectivity index (χ1) is 8.15. The zero-order chi connectivity index (χ0) is 12.3. The molecule has 0 saturated carbocycles. The number of nitrogens with zero attached hydrogens (tertiary/aromatic N) is 2. The van der Waals surface area contributed by atoms with Gasteiger partial charge in [0.05, 0.1) is 6.61 Å². The number of aromatic nitrogens is 2. The molecule has 1 aromatic heterocycles. The van der Waals surface area contributed by atoms with Gasteiger partial charge in [-0.25, -0.2) is 0 Å². The van der Waals surface area contributed by atoms with E-state index in [9.17, 15) is 0 Å². The van der Waals surface area contributed by atoms with Gasteiger partial charge in [-0.1, -0.05) is 31.1 Å². The molecule has 1 aromatic carbocycles. The minimum absolute atomic E-state index is 0.506. The van der Waals surface area contributed by atoms with Crippen molar-refractivity contribution in [3.63, 3.8) is 0 Å². The van der Waals surface area contributed by atoms with E-state index in [1.54, 1.807) is 6.92 Å². The lowest BCUT2D eigenvalue weighted by Gasteiger charge is -2.08. The molecular weight excluding hydrogens is 216 g/mol. The summed E-state index contributed by atoms with van der Waals surface area (Å²) in [5.74, 6) is 2.50. The number of aryl methyl sites for hydroxylation is 1. The summed E-state index contributed by atoms with van der Waals surface area (Å²) in [6, 6.07) is 7.72. The first-order valence-electron chi connectivity index (χ1n) is 5.68. The molecule has 0 bridgehead atoms. The highest BCUT2D eigenvalue weighted by Gasteiger charge is 2.06. The van der Waals surface area contributed by atoms with Gasteiger partial charge in [-0.2, -0.15) is 4.98 Å². The van der Waals surface area contributed by atoms with Gasteiger partial charge in [0, 0.05) is 12.5 Å². The highest BCUT2D eigenvalue weighted by atomic mass is 16.5. The third-order valence-corrected chi connectivity index (χ3v) is 2.20. The highest BCUT2D eigenvalue weighted by molar-refractivity contribution is 5.56. The van der Waals surface area contributed by atoms with E-state index >= 15 is 0 Å². The number of hydrogen-bond acceptors (Lipinski definition) is 4. The lowest BCUT2D eigenvalue weighted by Crippen LogP contribution is -2.04. The summed E-state index contributed by atoms with van der Waals surface area (Å²) >= 11 is 0. The average molecular weight is 232 g/mol. The number of ether oxygens (including phenoxy) is 1. The van der Waals surface area contributed by atoms with E-state index in [0.29, 0.717) is 24.2 Å². The summed E-state index contributed by atoms with van der Waals surface area (Å²) in [6.45, 7) is 6.71. The Bertz CT molecular complexity index is 492. The predicted molar refractivity (Wildman–Crippen MR) is 64.8 cm³/mol. The summed E-state index contributed by atoms with van der Waals surface area (Å²) in [7, 11) is 0. The van der Waals surface area contributed by atoms with Gasteiger partial charge in [-0.15, -0.1) is 0 Å².